The maximum Gasteiger partial charge on any atom is 0.0254 e. The van der Waals surface area contributed by atoms with Crippen molar-refractivity contribution < 1.29 is 0 Å². The van der Waals surface area contributed by atoms with Crippen molar-refractivity contribution in [3.8, 4) is 0 Å². The van der Waals surface area contributed by atoms with Gasteiger partial charge in [0, 0.05) is 38.8 Å². The summed E-state index contributed by atoms with van der Waals surface area (Å²) in [5.41, 5.74) is 0. The third-order valence-electron chi connectivity index (χ3n) is 3.69. The molecule has 0 aromatic heterocycles. The Kier molecular flexibility index (Phi) is 3.10. The zero-order valence-electron chi connectivity index (χ0n) is 9.66. The molecule has 2 atom stereocenters. The smallest absolute Gasteiger partial charge is 0.0254 e. The number of likely N-dealkylation sites (N-methyl/N-ethyl adjacent to an activating group) is 1. The summed E-state index contributed by atoms with van der Waals surface area (Å²) < 4.78 is 0. The molecule has 2 fully saturated rings. The van der Waals surface area contributed by atoms with Crippen LogP contribution >= 0.6 is 0 Å². The average molecular weight is 197 g/mol. The van der Waals surface area contributed by atoms with Gasteiger partial charge in [-0.05, 0) is 25.9 Å². The molecule has 3 heteroatoms. The molecule has 0 aromatic rings. The van der Waals surface area contributed by atoms with Gasteiger partial charge in [-0.1, -0.05) is 6.92 Å². The first-order valence-corrected chi connectivity index (χ1v) is 5.76. The van der Waals surface area contributed by atoms with Crippen molar-refractivity contribution in [2.24, 2.45) is 11.8 Å². The summed E-state index contributed by atoms with van der Waals surface area (Å²) in [5.74, 6) is 1.75. The van der Waals surface area contributed by atoms with Crippen LogP contribution < -0.4 is 5.32 Å². The van der Waals surface area contributed by atoms with E-state index in [1.54, 1.807) is 0 Å². The molecule has 2 unspecified atom stereocenters. The van der Waals surface area contributed by atoms with E-state index in [2.05, 4.69) is 36.1 Å². The standard InChI is InChI=1S/C11H23N3/c1-9-6-14(7-10-4-12-5-10)8-11(9)13(2)3/h9-12H,4-8H2,1-3H3. The first-order valence-electron chi connectivity index (χ1n) is 5.76. The predicted molar refractivity (Wildman–Crippen MR) is 59.4 cm³/mol. The Hall–Kier alpha value is -0.120. The summed E-state index contributed by atoms with van der Waals surface area (Å²) in [6.45, 7) is 8.71. The van der Waals surface area contributed by atoms with Gasteiger partial charge in [0.15, 0.2) is 0 Å². The van der Waals surface area contributed by atoms with E-state index < -0.39 is 0 Å². The van der Waals surface area contributed by atoms with Crippen molar-refractivity contribution in [2.75, 3.05) is 46.8 Å². The minimum atomic E-state index is 0.767. The Bertz CT molecular complexity index is 189. The van der Waals surface area contributed by atoms with E-state index in [9.17, 15) is 0 Å². The van der Waals surface area contributed by atoms with Crippen LogP contribution in [0.2, 0.25) is 0 Å². The Morgan fingerprint density at radius 3 is 2.43 bits per heavy atom. The second-order valence-corrected chi connectivity index (χ2v) is 5.25. The molecule has 2 saturated heterocycles. The van der Waals surface area contributed by atoms with Crippen LogP contribution in [0.3, 0.4) is 0 Å². The summed E-state index contributed by atoms with van der Waals surface area (Å²) in [5, 5.41) is 3.34. The van der Waals surface area contributed by atoms with Crippen molar-refractivity contribution in [3.63, 3.8) is 0 Å². The highest BCUT2D eigenvalue weighted by Gasteiger charge is 2.32. The highest BCUT2D eigenvalue weighted by molar-refractivity contribution is 4.89. The van der Waals surface area contributed by atoms with Crippen LogP contribution in [-0.2, 0) is 0 Å². The Morgan fingerprint density at radius 2 is 2.00 bits per heavy atom. The second-order valence-electron chi connectivity index (χ2n) is 5.25. The molecule has 3 nitrogen and oxygen atoms in total. The van der Waals surface area contributed by atoms with Crippen molar-refractivity contribution in [1.82, 2.24) is 15.1 Å². The fourth-order valence-electron chi connectivity index (χ4n) is 2.71. The largest absolute Gasteiger partial charge is 0.316 e. The van der Waals surface area contributed by atoms with Crippen molar-refractivity contribution in [2.45, 2.75) is 13.0 Å². The topological polar surface area (TPSA) is 18.5 Å². The minimum Gasteiger partial charge on any atom is -0.316 e. The first-order chi connectivity index (χ1) is 6.66. The molecule has 2 aliphatic rings. The van der Waals surface area contributed by atoms with Gasteiger partial charge < -0.3 is 15.1 Å². The molecule has 0 aromatic carbocycles. The van der Waals surface area contributed by atoms with Crippen LogP contribution in [0.4, 0.5) is 0 Å². The van der Waals surface area contributed by atoms with Gasteiger partial charge in [-0.15, -0.1) is 0 Å². The molecule has 0 spiro atoms. The number of rotatable bonds is 3. The van der Waals surface area contributed by atoms with Crippen LogP contribution in [0, 0.1) is 11.8 Å². The summed E-state index contributed by atoms with van der Waals surface area (Å²) in [6.07, 6.45) is 0. The van der Waals surface area contributed by atoms with Crippen molar-refractivity contribution in [1.29, 1.82) is 0 Å². The van der Waals surface area contributed by atoms with E-state index in [0.717, 1.165) is 17.9 Å². The molecule has 0 bridgehead atoms. The van der Waals surface area contributed by atoms with Crippen molar-refractivity contribution >= 4 is 0 Å². The van der Waals surface area contributed by atoms with Gasteiger partial charge in [-0.3, -0.25) is 0 Å². The second kappa shape index (κ2) is 4.17. The van der Waals surface area contributed by atoms with Gasteiger partial charge in [0.1, 0.15) is 0 Å². The number of nitrogens with one attached hydrogen (secondary N) is 1. The predicted octanol–water partition coefficient (Wildman–Crippen LogP) is 0.0877. The van der Waals surface area contributed by atoms with Gasteiger partial charge in [-0.25, -0.2) is 0 Å². The van der Waals surface area contributed by atoms with E-state index in [-0.39, 0.29) is 0 Å². The lowest BCUT2D eigenvalue weighted by Crippen LogP contribution is -2.48. The molecule has 2 heterocycles. The number of hydrogen-bond donors (Lipinski definition) is 1. The highest BCUT2D eigenvalue weighted by atomic mass is 15.2. The van der Waals surface area contributed by atoms with Gasteiger partial charge in [0.2, 0.25) is 0 Å². The van der Waals surface area contributed by atoms with Gasteiger partial charge in [-0.2, -0.15) is 0 Å². The molecule has 2 rings (SSSR count). The Labute approximate surface area is 87.4 Å². The number of likely N-dealkylation sites (tertiary alicyclic amines) is 1. The maximum absolute atomic E-state index is 3.34. The van der Waals surface area contributed by atoms with Crippen LogP contribution in [-0.4, -0.2) is 62.7 Å². The molecular formula is C11H23N3. The van der Waals surface area contributed by atoms with E-state index in [4.69, 9.17) is 0 Å². The Morgan fingerprint density at radius 1 is 1.29 bits per heavy atom. The molecular weight excluding hydrogens is 174 g/mol. The van der Waals surface area contributed by atoms with Gasteiger partial charge >= 0.3 is 0 Å². The third-order valence-corrected chi connectivity index (χ3v) is 3.69. The quantitative estimate of drug-likeness (QED) is 0.692. The molecule has 0 aliphatic carbocycles. The molecule has 0 radical (unpaired) electrons. The van der Waals surface area contributed by atoms with Crippen LogP contribution in [0.1, 0.15) is 6.92 Å². The average Bonchev–Trinajstić information content (AvgIpc) is 2.39. The van der Waals surface area contributed by atoms with E-state index in [0.29, 0.717) is 0 Å². The molecule has 0 saturated carbocycles. The lowest BCUT2D eigenvalue weighted by Gasteiger charge is -2.31. The normalized spacial score (nSPS) is 35.1. The molecule has 1 N–H and O–H groups in total. The third kappa shape index (κ3) is 2.10. The summed E-state index contributed by atoms with van der Waals surface area (Å²) >= 11 is 0. The Balaban J connectivity index is 1.79. The van der Waals surface area contributed by atoms with Crippen LogP contribution in [0.5, 0.6) is 0 Å². The van der Waals surface area contributed by atoms with Gasteiger partial charge in [0.25, 0.3) is 0 Å². The van der Waals surface area contributed by atoms with E-state index in [1.165, 1.54) is 32.7 Å². The zero-order valence-corrected chi connectivity index (χ0v) is 9.66. The number of nitrogens with zero attached hydrogens (tertiary/aromatic N) is 2. The molecule has 2 aliphatic heterocycles. The lowest BCUT2D eigenvalue weighted by atomic mass is 10.0. The van der Waals surface area contributed by atoms with E-state index in [1.807, 2.05) is 0 Å². The van der Waals surface area contributed by atoms with Crippen LogP contribution in [0.15, 0.2) is 0 Å². The fourth-order valence-corrected chi connectivity index (χ4v) is 2.71. The summed E-state index contributed by atoms with van der Waals surface area (Å²) in [6, 6.07) is 0.767. The summed E-state index contributed by atoms with van der Waals surface area (Å²) in [4.78, 5) is 5.02. The van der Waals surface area contributed by atoms with Crippen LogP contribution in [0.25, 0.3) is 0 Å². The van der Waals surface area contributed by atoms with Crippen molar-refractivity contribution in [3.05, 3.63) is 0 Å². The summed E-state index contributed by atoms with van der Waals surface area (Å²) in [7, 11) is 4.41. The SMILES string of the molecule is CC1CN(CC2CNC2)CC1N(C)C. The van der Waals surface area contributed by atoms with Gasteiger partial charge in [0.05, 0.1) is 0 Å². The maximum atomic E-state index is 3.34. The highest BCUT2D eigenvalue weighted by Crippen LogP contribution is 2.21. The number of hydrogen-bond acceptors (Lipinski definition) is 3. The zero-order chi connectivity index (χ0) is 10.1. The lowest BCUT2D eigenvalue weighted by molar-refractivity contribution is 0.207. The minimum absolute atomic E-state index is 0.767. The molecule has 0 amide bonds. The fraction of sp³-hybridized carbons (Fsp3) is 1.00. The molecule has 14 heavy (non-hydrogen) atoms. The van der Waals surface area contributed by atoms with E-state index >= 15 is 0 Å². The monoisotopic (exact) mass is 197 g/mol. The molecule has 82 valence electrons. The first kappa shape index (κ1) is 10.4.